The summed E-state index contributed by atoms with van der Waals surface area (Å²) in [7, 11) is 0. The van der Waals surface area contributed by atoms with Gasteiger partial charge in [0, 0.05) is 35.1 Å². The fourth-order valence-corrected chi connectivity index (χ4v) is 5.74. The normalized spacial score (nSPS) is 22.0. The molecular formula is C26H33N3O5S. The summed E-state index contributed by atoms with van der Waals surface area (Å²) in [4.78, 5) is 42.4. The summed E-state index contributed by atoms with van der Waals surface area (Å²) in [6.07, 6.45) is 5.20. The number of carbonyl (C=O) groups excluding carboxylic acids is 2. The van der Waals surface area contributed by atoms with E-state index in [-0.39, 0.29) is 23.8 Å². The van der Waals surface area contributed by atoms with Crippen LogP contribution < -0.4 is 10.6 Å². The number of carboxylic acids is 1. The van der Waals surface area contributed by atoms with Gasteiger partial charge in [0.1, 0.15) is 10.9 Å². The van der Waals surface area contributed by atoms with Gasteiger partial charge in [0.25, 0.3) is 5.91 Å². The van der Waals surface area contributed by atoms with Crippen LogP contribution in [-0.2, 0) is 20.7 Å². The molecule has 188 valence electrons. The van der Waals surface area contributed by atoms with Crippen molar-refractivity contribution >= 4 is 29.2 Å². The molecule has 1 aromatic heterocycles. The van der Waals surface area contributed by atoms with Gasteiger partial charge in [0.15, 0.2) is 0 Å². The van der Waals surface area contributed by atoms with Crippen molar-refractivity contribution in [1.82, 2.24) is 15.6 Å². The molecule has 0 bridgehead atoms. The Morgan fingerprint density at radius 2 is 1.91 bits per heavy atom. The van der Waals surface area contributed by atoms with Gasteiger partial charge in [-0.05, 0) is 50.7 Å². The fourth-order valence-electron chi connectivity index (χ4n) is 4.61. The molecule has 2 heterocycles. The Bertz CT molecular complexity index is 1040. The van der Waals surface area contributed by atoms with Crippen molar-refractivity contribution in [3.63, 3.8) is 0 Å². The second-order valence-electron chi connectivity index (χ2n) is 9.29. The monoisotopic (exact) mass is 499 g/mol. The van der Waals surface area contributed by atoms with E-state index in [0.29, 0.717) is 44.4 Å². The number of benzene rings is 1. The average Bonchev–Trinajstić information content (AvgIpc) is 3.18. The Kier molecular flexibility index (Phi) is 8.51. The minimum absolute atomic E-state index is 0.00928. The molecule has 35 heavy (non-hydrogen) atoms. The van der Waals surface area contributed by atoms with Crippen LogP contribution >= 0.6 is 11.3 Å². The van der Waals surface area contributed by atoms with Gasteiger partial charge in [0.05, 0.1) is 18.2 Å². The number of esters is 1. The zero-order valence-electron chi connectivity index (χ0n) is 20.0. The third kappa shape index (κ3) is 6.27. The molecule has 4 rings (SSSR count). The van der Waals surface area contributed by atoms with Crippen LogP contribution in [0.15, 0.2) is 24.3 Å². The van der Waals surface area contributed by atoms with E-state index >= 15 is 0 Å². The molecular weight excluding hydrogens is 466 g/mol. The lowest BCUT2D eigenvalue weighted by atomic mass is 9.86. The van der Waals surface area contributed by atoms with Crippen molar-refractivity contribution in [2.24, 2.45) is 5.92 Å². The largest absolute Gasteiger partial charge is 0.481 e. The van der Waals surface area contributed by atoms with Gasteiger partial charge in [0.2, 0.25) is 0 Å². The molecule has 1 aromatic carbocycles. The number of hydrogen-bond donors (Lipinski definition) is 3. The van der Waals surface area contributed by atoms with Crippen molar-refractivity contribution < 1.29 is 24.2 Å². The maximum Gasteiger partial charge on any atom is 0.316 e. The topological polar surface area (TPSA) is 118 Å². The molecule has 2 aromatic rings. The highest BCUT2D eigenvalue weighted by atomic mass is 32.1. The number of nitrogens with one attached hydrogen (secondary N) is 2. The lowest BCUT2D eigenvalue weighted by Gasteiger charge is -2.26. The van der Waals surface area contributed by atoms with Crippen LogP contribution in [0.1, 0.15) is 72.3 Å². The lowest BCUT2D eigenvalue weighted by Crippen LogP contribution is -2.38. The molecule has 8 nitrogen and oxygen atoms in total. The van der Waals surface area contributed by atoms with Crippen molar-refractivity contribution in [1.29, 1.82) is 0 Å². The molecule has 3 N–H and O–H groups in total. The lowest BCUT2D eigenvalue weighted by molar-refractivity contribution is -0.145. The first-order chi connectivity index (χ1) is 17.0. The molecule has 1 atom stereocenters. The van der Waals surface area contributed by atoms with Crippen molar-refractivity contribution in [2.45, 2.75) is 63.8 Å². The molecule has 1 saturated carbocycles. The summed E-state index contributed by atoms with van der Waals surface area (Å²) < 4.78 is 5.48. The van der Waals surface area contributed by atoms with Gasteiger partial charge in [-0.1, -0.05) is 25.5 Å². The van der Waals surface area contributed by atoms with Gasteiger partial charge in [-0.3, -0.25) is 14.4 Å². The number of aromatic nitrogens is 1. The van der Waals surface area contributed by atoms with Crippen LogP contribution in [-0.4, -0.2) is 53.7 Å². The van der Waals surface area contributed by atoms with E-state index in [9.17, 15) is 14.4 Å². The van der Waals surface area contributed by atoms with Crippen molar-refractivity contribution in [2.75, 3.05) is 19.7 Å². The van der Waals surface area contributed by atoms with Crippen LogP contribution in [0.2, 0.25) is 0 Å². The number of carboxylic acid groups (broad SMARTS) is 1. The van der Waals surface area contributed by atoms with E-state index in [0.717, 1.165) is 46.9 Å². The first-order valence-electron chi connectivity index (χ1n) is 12.5. The van der Waals surface area contributed by atoms with Gasteiger partial charge in [-0.2, -0.15) is 0 Å². The Morgan fingerprint density at radius 3 is 2.60 bits per heavy atom. The van der Waals surface area contributed by atoms with E-state index in [4.69, 9.17) is 14.8 Å². The number of carbonyl (C=O) groups is 3. The van der Waals surface area contributed by atoms with Crippen LogP contribution in [0.5, 0.6) is 0 Å². The number of nitrogens with zero attached hydrogens (tertiary/aromatic N) is 1. The Labute approximate surface area is 209 Å². The molecule has 2 aliphatic rings. The first kappa shape index (κ1) is 25.3. The van der Waals surface area contributed by atoms with Crippen LogP contribution in [0.25, 0.3) is 10.6 Å². The fraction of sp³-hybridized carbons (Fsp3) is 0.538. The molecule has 0 saturated heterocycles. The number of rotatable bonds is 8. The summed E-state index contributed by atoms with van der Waals surface area (Å²) in [5.41, 5.74) is 2.27. The zero-order chi connectivity index (χ0) is 24.8. The van der Waals surface area contributed by atoms with E-state index < -0.39 is 11.9 Å². The summed E-state index contributed by atoms with van der Waals surface area (Å²) in [5.74, 6) is -1.83. The molecule has 1 fully saturated rings. The van der Waals surface area contributed by atoms with Crippen molar-refractivity contribution in [3.05, 3.63) is 40.4 Å². The number of hydrogen-bond acceptors (Lipinski definition) is 7. The Balaban J connectivity index is 1.41. The Morgan fingerprint density at radius 1 is 1.17 bits per heavy atom. The molecule has 1 amide bonds. The predicted octanol–water partition coefficient (Wildman–Crippen LogP) is 3.76. The first-order valence-corrected chi connectivity index (χ1v) is 13.3. The number of thiazole rings is 1. The van der Waals surface area contributed by atoms with Crippen LogP contribution in [0, 0.1) is 5.92 Å². The second kappa shape index (κ2) is 11.8. The predicted molar refractivity (Wildman–Crippen MR) is 134 cm³/mol. The maximum atomic E-state index is 12.7. The number of unbranched alkanes of at least 4 members (excludes halogenated alkanes) is 1. The summed E-state index contributed by atoms with van der Waals surface area (Å²) in [5, 5.41) is 16.3. The third-order valence-corrected chi connectivity index (χ3v) is 7.95. The molecule has 1 unspecified atom stereocenters. The summed E-state index contributed by atoms with van der Waals surface area (Å²) in [6, 6.07) is 7.37. The van der Waals surface area contributed by atoms with E-state index in [1.807, 2.05) is 12.1 Å². The molecule has 1 aliphatic heterocycles. The number of amides is 1. The zero-order valence-corrected chi connectivity index (χ0v) is 20.9. The maximum absolute atomic E-state index is 12.7. The summed E-state index contributed by atoms with van der Waals surface area (Å²) in [6.45, 7) is 3.81. The van der Waals surface area contributed by atoms with Crippen molar-refractivity contribution in [3.8, 4) is 10.6 Å². The van der Waals surface area contributed by atoms with Gasteiger partial charge >= 0.3 is 11.9 Å². The molecule has 9 heteroatoms. The minimum atomic E-state index is -0.749. The summed E-state index contributed by atoms with van der Waals surface area (Å²) >= 11 is 1.59. The SMILES string of the molecule is CCCCOC(=O)C1CNCCc2sc(-c3ccc(C(=O)NC4CCC(C(=O)O)CC4)cc3)nc21. The third-order valence-electron chi connectivity index (χ3n) is 6.77. The standard InChI is InChI=1S/C26H33N3O5S/c1-2-3-14-34-26(33)20-15-27-13-12-21-22(20)29-24(35-21)17-6-4-16(5-7-17)23(30)28-19-10-8-18(9-11-19)25(31)32/h4-7,18-20,27H,2-3,8-15H2,1H3,(H,28,30)(H,31,32). The van der Waals surface area contributed by atoms with E-state index in [1.54, 1.807) is 23.5 Å². The smallest absolute Gasteiger partial charge is 0.316 e. The average molecular weight is 500 g/mol. The quantitative estimate of drug-likeness (QED) is 0.374. The molecule has 0 spiro atoms. The molecule has 0 radical (unpaired) electrons. The van der Waals surface area contributed by atoms with E-state index in [1.165, 1.54) is 0 Å². The second-order valence-corrected chi connectivity index (χ2v) is 10.4. The van der Waals surface area contributed by atoms with Crippen LogP contribution in [0.4, 0.5) is 0 Å². The highest BCUT2D eigenvalue weighted by Crippen LogP contribution is 2.34. The molecule has 1 aliphatic carbocycles. The van der Waals surface area contributed by atoms with Gasteiger partial charge in [-0.25, -0.2) is 4.98 Å². The van der Waals surface area contributed by atoms with E-state index in [2.05, 4.69) is 17.6 Å². The number of aliphatic carboxylic acids is 1. The van der Waals surface area contributed by atoms with Crippen LogP contribution in [0.3, 0.4) is 0 Å². The Hall–Kier alpha value is -2.78. The number of ether oxygens (including phenoxy) is 1. The van der Waals surface area contributed by atoms with Gasteiger partial charge < -0.3 is 20.5 Å². The highest BCUT2D eigenvalue weighted by Gasteiger charge is 2.30. The highest BCUT2D eigenvalue weighted by molar-refractivity contribution is 7.15. The number of fused-ring (bicyclic) bond motifs is 1. The van der Waals surface area contributed by atoms with Gasteiger partial charge in [-0.15, -0.1) is 11.3 Å². The minimum Gasteiger partial charge on any atom is -0.481 e.